The Kier molecular flexibility index (Phi) is 9.37. The molecule has 0 aliphatic heterocycles. The molecular weight excluding hydrogens is 661 g/mol. The Balaban J connectivity index is 1.23. The number of rotatable bonds is 9. The molecule has 1 aromatic heterocycles. The van der Waals surface area contributed by atoms with Crippen molar-refractivity contribution in [1.29, 1.82) is 0 Å². The summed E-state index contributed by atoms with van der Waals surface area (Å²) in [6, 6.07) is 31.7. The van der Waals surface area contributed by atoms with Gasteiger partial charge in [-0.05, 0) is 59.5 Å². The van der Waals surface area contributed by atoms with Crippen molar-refractivity contribution in [2.75, 3.05) is 10.6 Å². The number of thiazole rings is 1. The number of carboxylic acids is 1. The van der Waals surface area contributed by atoms with Gasteiger partial charge in [0.1, 0.15) is 5.25 Å². The molecule has 0 saturated carbocycles. The van der Waals surface area contributed by atoms with Gasteiger partial charge in [-0.2, -0.15) is 0 Å². The summed E-state index contributed by atoms with van der Waals surface area (Å²) in [5, 5.41) is 19.1. The van der Waals surface area contributed by atoms with Crippen LogP contribution in [0, 0.1) is 0 Å². The van der Waals surface area contributed by atoms with E-state index in [-0.39, 0.29) is 17.0 Å². The molecule has 1 heterocycles. The molecule has 228 valence electrons. The summed E-state index contributed by atoms with van der Waals surface area (Å²) in [6.07, 6.45) is 0. The third-order valence-corrected chi connectivity index (χ3v) is 9.56. The Morgan fingerprint density at radius 2 is 1.54 bits per heavy atom. The van der Waals surface area contributed by atoms with Crippen LogP contribution in [0.4, 0.5) is 10.8 Å². The van der Waals surface area contributed by atoms with E-state index in [1.54, 1.807) is 66.7 Å². The number of halogens is 2. The zero-order valence-corrected chi connectivity index (χ0v) is 26.9. The second kappa shape index (κ2) is 13.8. The molecule has 2 amide bonds. The zero-order chi connectivity index (χ0) is 32.2. The summed E-state index contributed by atoms with van der Waals surface area (Å²) < 4.78 is 0. The maximum Gasteiger partial charge on any atom is 0.336 e. The number of amides is 2. The molecule has 1 unspecified atom stereocenters. The molecule has 0 radical (unpaired) electrons. The standard InChI is InChI=1S/C35H23Cl2N3O4S2/c36-22-15-16-25(28(37)17-22)29-19-45-35(39-29)40-33(42)31(21-7-2-1-3-8-21)46-24-12-6-11-23(18-24)38-32(41)26-13-4-9-20-10-5-14-27(30(20)26)34(43)44/h1-19,31H,(H,38,41)(H,43,44)(H,39,40,42). The van der Waals surface area contributed by atoms with Crippen molar-refractivity contribution < 1.29 is 19.5 Å². The van der Waals surface area contributed by atoms with Crippen LogP contribution in [0.3, 0.4) is 0 Å². The SMILES string of the molecule is O=C(O)c1cccc2cccc(C(=O)Nc3cccc(SC(C(=O)Nc4nc(-c5ccc(Cl)cc5Cl)cs4)c4ccccc4)c3)c12. The molecule has 1 atom stereocenters. The van der Waals surface area contributed by atoms with Crippen LogP contribution < -0.4 is 10.6 Å². The average Bonchev–Trinajstić information content (AvgIpc) is 3.51. The number of carboxylic acid groups (broad SMARTS) is 1. The first kappa shape index (κ1) is 31.3. The number of aromatic nitrogens is 1. The molecule has 0 aliphatic carbocycles. The van der Waals surface area contributed by atoms with E-state index < -0.39 is 17.1 Å². The molecule has 6 aromatic rings. The van der Waals surface area contributed by atoms with Crippen LogP contribution in [0.1, 0.15) is 31.5 Å². The lowest BCUT2D eigenvalue weighted by molar-refractivity contribution is -0.115. The molecule has 6 rings (SSSR count). The second-order valence-electron chi connectivity index (χ2n) is 10.1. The Hall–Kier alpha value is -4.67. The lowest BCUT2D eigenvalue weighted by Crippen LogP contribution is -2.19. The molecule has 3 N–H and O–H groups in total. The van der Waals surface area contributed by atoms with E-state index in [0.29, 0.717) is 42.9 Å². The van der Waals surface area contributed by atoms with Crippen molar-refractivity contribution in [3.63, 3.8) is 0 Å². The third kappa shape index (κ3) is 6.93. The predicted molar refractivity (Wildman–Crippen MR) is 187 cm³/mol. The van der Waals surface area contributed by atoms with Gasteiger partial charge in [-0.25, -0.2) is 9.78 Å². The van der Waals surface area contributed by atoms with Gasteiger partial charge in [0, 0.05) is 37.5 Å². The van der Waals surface area contributed by atoms with Gasteiger partial charge in [0.15, 0.2) is 5.13 Å². The van der Waals surface area contributed by atoms with Gasteiger partial charge in [0.05, 0.1) is 16.3 Å². The normalized spacial score (nSPS) is 11.6. The van der Waals surface area contributed by atoms with Gasteiger partial charge in [-0.1, -0.05) is 83.9 Å². The molecule has 0 spiro atoms. The number of hydrogen-bond donors (Lipinski definition) is 3. The number of carbonyl (C=O) groups is 3. The molecule has 0 saturated heterocycles. The van der Waals surface area contributed by atoms with E-state index in [1.807, 2.05) is 41.8 Å². The summed E-state index contributed by atoms with van der Waals surface area (Å²) in [5.41, 5.74) is 2.91. The van der Waals surface area contributed by atoms with Crippen LogP contribution >= 0.6 is 46.3 Å². The van der Waals surface area contributed by atoms with Crippen molar-refractivity contribution in [3.05, 3.63) is 141 Å². The van der Waals surface area contributed by atoms with Gasteiger partial charge < -0.3 is 15.7 Å². The number of carbonyl (C=O) groups excluding carboxylic acids is 2. The Morgan fingerprint density at radius 1 is 0.804 bits per heavy atom. The number of benzene rings is 5. The van der Waals surface area contributed by atoms with Crippen molar-refractivity contribution in [2.45, 2.75) is 10.1 Å². The molecule has 46 heavy (non-hydrogen) atoms. The average molecular weight is 685 g/mol. The van der Waals surface area contributed by atoms with Gasteiger partial charge in [0.2, 0.25) is 5.91 Å². The summed E-state index contributed by atoms with van der Waals surface area (Å²) in [7, 11) is 0. The minimum Gasteiger partial charge on any atom is -0.478 e. The van der Waals surface area contributed by atoms with E-state index in [1.165, 1.54) is 29.2 Å². The van der Waals surface area contributed by atoms with Crippen LogP contribution in [0.15, 0.2) is 119 Å². The van der Waals surface area contributed by atoms with E-state index in [9.17, 15) is 19.5 Å². The Bertz CT molecular complexity index is 2100. The van der Waals surface area contributed by atoms with Crippen LogP contribution in [0.2, 0.25) is 10.0 Å². The number of anilines is 2. The monoisotopic (exact) mass is 683 g/mol. The van der Waals surface area contributed by atoms with Gasteiger partial charge >= 0.3 is 5.97 Å². The van der Waals surface area contributed by atoms with E-state index >= 15 is 0 Å². The van der Waals surface area contributed by atoms with Crippen LogP contribution in [-0.4, -0.2) is 27.9 Å². The van der Waals surface area contributed by atoms with Crippen molar-refractivity contribution in [1.82, 2.24) is 4.98 Å². The number of nitrogens with one attached hydrogen (secondary N) is 2. The molecular formula is C35H23Cl2N3O4S2. The molecule has 11 heteroatoms. The number of fused-ring (bicyclic) bond motifs is 1. The predicted octanol–water partition coefficient (Wildman–Crippen LogP) is 9.69. The molecule has 0 aliphatic rings. The maximum absolute atomic E-state index is 13.7. The second-order valence-corrected chi connectivity index (χ2v) is 12.9. The molecule has 5 aromatic carbocycles. The number of nitrogens with zero attached hydrogens (tertiary/aromatic N) is 1. The lowest BCUT2D eigenvalue weighted by Gasteiger charge is -2.17. The lowest BCUT2D eigenvalue weighted by atomic mass is 9.98. The van der Waals surface area contributed by atoms with Crippen molar-refractivity contribution >= 4 is 85.7 Å². The Labute approximate surface area is 282 Å². The number of thioether (sulfide) groups is 1. The molecule has 0 fully saturated rings. The highest BCUT2D eigenvalue weighted by Crippen LogP contribution is 2.38. The quantitative estimate of drug-likeness (QED) is 0.131. The van der Waals surface area contributed by atoms with E-state index in [0.717, 1.165) is 10.5 Å². The zero-order valence-electron chi connectivity index (χ0n) is 23.7. The first-order valence-corrected chi connectivity index (χ1v) is 16.4. The van der Waals surface area contributed by atoms with Gasteiger partial charge in [-0.3, -0.25) is 9.59 Å². The van der Waals surface area contributed by atoms with Crippen molar-refractivity contribution in [3.8, 4) is 11.3 Å². The number of hydrogen-bond acceptors (Lipinski definition) is 6. The molecule has 0 bridgehead atoms. The smallest absolute Gasteiger partial charge is 0.336 e. The van der Waals surface area contributed by atoms with E-state index in [2.05, 4.69) is 15.6 Å². The fourth-order valence-corrected chi connectivity index (χ4v) is 7.22. The third-order valence-electron chi connectivity index (χ3n) is 7.01. The first-order chi connectivity index (χ1) is 22.3. The highest BCUT2D eigenvalue weighted by molar-refractivity contribution is 8.00. The van der Waals surface area contributed by atoms with Crippen LogP contribution in [-0.2, 0) is 4.79 Å². The minimum absolute atomic E-state index is 0.0490. The maximum atomic E-state index is 13.7. The summed E-state index contributed by atoms with van der Waals surface area (Å²) in [6.45, 7) is 0. The highest BCUT2D eigenvalue weighted by atomic mass is 35.5. The van der Waals surface area contributed by atoms with Crippen LogP contribution in [0.25, 0.3) is 22.0 Å². The largest absolute Gasteiger partial charge is 0.478 e. The number of aromatic carboxylic acids is 1. The highest BCUT2D eigenvalue weighted by Gasteiger charge is 2.24. The van der Waals surface area contributed by atoms with E-state index in [4.69, 9.17) is 23.2 Å². The summed E-state index contributed by atoms with van der Waals surface area (Å²) >= 11 is 15.0. The fourth-order valence-electron chi connectivity index (χ4n) is 4.91. The summed E-state index contributed by atoms with van der Waals surface area (Å²) in [4.78, 5) is 44.3. The summed E-state index contributed by atoms with van der Waals surface area (Å²) in [5.74, 6) is -1.83. The molecule has 7 nitrogen and oxygen atoms in total. The van der Waals surface area contributed by atoms with Gasteiger partial charge in [-0.15, -0.1) is 23.1 Å². The Morgan fingerprint density at radius 3 is 2.28 bits per heavy atom. The topological polar surface area (TPSA) is 108 Å². The first-order valence-electron chi connectivity index (χ1n) is 13.9. The van der Waals surface area contributed by atoms with Crippen LogP contribution in [0.5, 0.6) is 0 Å². The van der Waals surface area contributed by atoms with Gasteiger partial charge in [0.25, 0.3) is 5.91 Å². The van der Waals surface area contributed by atoms with Crippen molar-refractivity contribution in [2.24, 2.45) is 0 Å². The fraction of sp³-hybridized carbons (Fsp3) is 0.0286. The minimum atomic E-state index is -1.11.